The molecular formula is C23H29BrN2O4. The van der Waals surface area contributed by atoms with Crippen molar-refractivity contribution in [2.45, 2.75) is 39.3 Å². The first-order valence-corrected chi connectivity index (χ1v) is 10.8. The van der Waals surface area contributed by atoms with Gasteiger partial charge in [-0.2, -0.15) is 0 Å². The highest BCUT2D eigenvalue weighted by Crippen LogP contribution is 2.18. The Morgan fingerprint density at radius 3 is 2.30 bits per heavy atom. The molecule has 0 aliphatic rings. The lowest BCUT2D eigenvalue weighted by molar-refractivity contribution is -0.142. The third-order valence-electron chi connectivity index (χ3n) is 4.68. The molecule has 2 rings (SSSR count). The number of hydrogen-bond acceptors (Lipinski definition) is 4. The summed E-state index contributed by atoms with van der Waals surface area (Å²) in [6.45, 7) is 4.57. The summed E-state index contributed by atoms with van der Waals surface area (Å²) in [6.07, 6.45) is 1.89. The van der Waals surface area contributed by atoms with Crippen molar-refractivity contribution in [2.24, 2.45) is 0 Å². The number of methoxy groups -OCH3 is 1. The van der Waals surface area contributed by atoms with Gasteiger partial charge in [-0.25, -0.2) is 0 Å². The first-order valence-electron chi connectivity index (χ1n) is 10.0. The molecule has 0 heterocycles. The number of unbranched alkanes of at least 4 members (excludes halogenated alkanes) is 1. The number of benzene rings is 2. The average Bonchev–Trinajstić information content (AvgIpc) is 2.77. The number of carbonyl (C=O) groups excluding carboxylic acids is 2. The number of hydrogen-bond donors (Lipinski definition) is 1. The molecule has 2 amide bonds. The molecule has 0 aliphatic carbocycles. The van der Waals surface area contributed by atoms with E-state index in [1.807, 2.05) is 24.3 Å². The SMILES string of the molecule is CCCCNC(=O)[C@@H](C)N(Cc1ccc(Br)cc1)C(=O)COc1ccc(OC)cc1. The van der Waals surface area contributed by atoms with Crippen molar-refractivity contribution in [1.82, 2.24) is 10.2 Å². The van der Waals surface area contributed by atoms with Crippen molar-refractivity contribution in [3.63, 3.8) is 0 Å². The summed E-state index contributed by atoms with van der Waals surface area (Å²) in [5, 5.41) is 2.91. The molecule has 2 aromatic carbocycles. The van der Waals surface area contributed by atoms with E-state index in [0.717, 1.165) is 22.9 Å². The van der Waals surface area contributed by atoms with Crippen LogP contribution in [0.3, 0.4) is 0 Å². The number of carbonyl (C=O) groups is 2. The molecule has 0 radical (unpaired) electrons. The Balaban J connectivity index is 2.08. The Labute approximate surface area is 186 Å². The largest absolute Gasteiger partial charge is 0.497 e. The van der Waals surface area contributed by atoms with Crippen LogP contribution in [0.25, 0.3) is 0 Å². The van der Waals surface area contributed by atoms with Gasteiger partial charge in [0.25, 0.3) is 5.91 Å². The van der Waals surface area contributed by atoms with Gasteiger partial charge in [0.1, 0.15) is 17.5 Å². The maximum absolute atomic E-state index is 13.0. The molecule has 0 bridgehead atoms. The van der Waals surface area contributed by atoms with Gasteiger partial charge in [0.15, 0.2) is 6.61 Å². The zero-order chi connectivity index (χ0) is 21.9. The summed E-state index contributed by atoms with van der Waals surface area (Å²) in [7, 11) is 1.59. The minimum atomic E-state index is -0.613. The van der Waals surface area contributed by atoms with E-state index in [9.17, 15) is 9.59 Å². The van der Waals surface area contributed by atoms with Crippen molar-refractivity contribution < 1.29 is 19.1 Å². The van der Waals surface area contributed by atoms with Crippen LogP contribution in [-0.2, 0) is 16.1 Å². The first-order chi connectivity index (χ1) is 14.4. The predicted molar refractivity (Wildman–Crippen MR) is 121 cm³/mol. The minimum absolute atomic E-state index is 0.157. The number of ether oxygens (including phenoxy) is 2. The van der Waals surface area contributed by atoms with E-state index < -0.39 is 6.04 Å². The molecule has 0 saturated carbocycles. The first kappa shape index (κ1) is 23.7. The summed E-state index contributed by atoms with van der Waals surface area (Å²) in [4.78, 5) is 27.1. The second-order valence-corrected chi connectivity index (χ2v) is 7.85. The summed E-state index contributed by atoms with van der Waals surface area (Å²) in [5.74, 6) is 0.848. The van der Waals surface area contributed by atoms with Crippen molar-refractivity contribution in [1.29, 1.82) is 0 Å². The van der Waals surface area contributed by atoms with Gasteiger partial charge >= 0.3 is 0 Å². The zero-order valence-corrected chi connectivity index (χ0v) is 19.3. The van der Waals surface area contributed by atoms with Crippen molar-refractivity contribution in [3.8, 4) is 11.5 Å². The number of rotatable bonds is 11. The Kier molecular flexibility index (Phi) is 9.67. The van der Waals surface area contributed by atoms with Crippen LogP contribution in [0, 0.1) is 0 Å². The second kappa shape index (κ2) is 12.2. The number of halogens is 1. The van der Waals surface area contributed by atoms with E-state index in [0.29, 0.717) is 24.6 Å². The van der Waals surface area contributed by atoms with Gasteiger partial charge in [-0.1, -0.05) is 41.4 Å². The molecule has 6 nitrogen and oxygen atoms in total. The van der Waals surface area contributed by atoms with Crippen LogP contribution in [-0.4, -0.2) is 43.0 Å². The summed E-state index contributed by atoms with van der Waals surface area (Å²) >= 11 is 3.42. The molecule has 0 aliphatic heterocycles. The molecule has 162 valence electrons. The van der Waals surface area contributed by atoms with E-state index >= 15 is 0 Å². The van der Waals surface area contributed by atoms with Crippen LogP contribution >= 0.6 is 15.9 Å². The lowest BCUT2D eigenvalue weighted by Gasteiger charge is -2.28. The Morgan fingerprint density at radius 2 is 1.70 bits per heavy atom. The highest BCUT2D eigenvalue weighted by molar-refractivity contribution is 9.10. The highest BCUT2D eigenvalue weighted by Gasteiger charge is 2.26. The van der Waals surface area contributed by atoms with Crippen LogP contribution in [0.15, 0.2) is 53.0 Å². The quantitative estimate of drug-likeness (QED) is 0.494. The summed E-state index contributed by atoms with van der Waals surface area (Å²) in [5.41, 5.74) is 0.934. The lowest BCUT2D eigenvalue weighted by atomic mass is 10.1. The van der Waals surface area contributed by atoms with Gasteiger partial charge in [-0.15, -0.1) is 0 Å². The van der Waals surface area contributed by atoms with Gasteiger partial charge in [0, 0.05) is 17.6 Å². The Bertz CT molecular complexity index is 809. The third kappa shape index (κ3) is 7.37. The molecule has 7 heteroatoms. The molecule has 1 atom stereocenters. The van der Waals surface area contributed by atoms with Gasteiger partial charge < -0.3 is 19.7 Å². The summed E-state index contributed by atoms with van der Waals surface area (Å²) < 4.78 is 11.7. The van der Waals surface area contributed by atoms with Crippen LogP contribution in [0.4, 0.5) is 0 Å². The zero-order valence-electron chi connectivity index (χ0n) is 17.7. The molecule has 0 spiro atoms. The van der Waals surface area contributed by atoms with E-state index in [2.05, 4.69) is 28.2 Å². The monoisotopic (exact) mass is 476 g/mol. The highest BCUT2D eigenvalue weighted by atomic mass is 79.9. The lowest BCUT2D eigenvalue weighted by Crippen LogP contribution is -2.49. The van der Waals surface area contributed by atoms with Crippen molar-refractivity contribution in [3.05, 3.63) is 58.6 Å². The van der Waals surface area contributed by atoms with Gasteiger partial charge in [-0.05, 0) is 55.3 Å². The van der Waals surface area contributed by atoms with Crippen LogP contribution < -0.4 is 14.8 Å². The maximum atomic E-state index is 13.0. The fourth-order valence-corrected chi connectivity index (χ4v) is 3.07. The molecule has 30 heavy (non-hydrogen) atoms. The summed E-state index contributed by atoms with van der Waals surface area (Å²) in [6, 6.07) is 14.1. The minimum Gasteiger partial charge on any atom is -0.497 e. The van der Waals surface area contributed by atoms with Crippen LogP contribution in [0.2, 0.25) is 0 Å². The fourth-order valence-electron chi connectivity index (χ4n) is 2.81. The molecule has 0 aromatic heterocycles. The van der Waals surface area contributed by atoms with E-state index in [1.165, 1.54) is 0 Å². The average molecular weight is 477 g/mol. The number of nitrogens with zero attached hydrogens (tertiary/aromatic N) is 1. The Hall–Kier alpha value is -2.54. The maximum Gasteiger partial charge on any atom is 0.261 e. The smallest absolute Gasteiger partial charge is 0.261 e. The van der Waals surface area contributed by atoms with Crippen molar-refractivity contribution >= 4 is 27.7 Å². The van der Waals surface area contributed by atoms with E-state index in [1.54, 1.807) is 43.2 Å². The number of amides is 2. The molecule has 0 saturated heterocycles. The van der Waals surface area contributed by atoms with E-state index in [-0.39, 0.29) is 18.4 Å². The molecular weight excluding hydrogens is 448 g/mol. The molecule has 0 unspecified atom stereocenters. The molecule has 0 fully saturated rings. The molecule has 2 aromatic rings. The van der Waals surface area contributed by atoms with E-state index in [4.69, 9.17) is 9.47 Å². The fraction of sp³-hybridized carbons (Fsp3) is 0.391. The van der Waals surface area contributed by atoms with Gasteiger partial charge in [0.05, 0.1) is 7.11 Å². The topological polar surface area (TPSA) is 67.9 Å². The predicted octanol–water partition coefficient (Wildman–Crippen LogP) is 4.17. The Morgan fingerprint density at radius 1 is 1.07 bits per heavy atom. The normalized spacial score (nSPS) is 11.5. The van der Waals surface area contributed by atoms with Gasteiger partial charge in [-0.3, -0.25) is 9.59 Å². The van der Waals surface area contributed by atoms with Crippen LogP contribution in [0.1, 0.15) is 32.3 Å². The molecule has 1 N–H and O–H groups in total. The van der Waals surface area contributed by atoms with Crippen LogP contribution in [0.5, 0.6) is 11.5 Å². The second-order valence-electron chi connectivity index (χ2n) is 6.93. The number of nitrogens with one attached hydrogen (secondary N) is 1. The standard InChI is InChI=1S/C23H29BrN2O4/c1-4-5-14-25-23(28)17(2)26(15-18-6-8-19(24)9-7-18)22(27)16-30-21-12-10-20(29-3)11-13-21/h6-13,17H,4-5,14-16H2,1-3H3,(H,25,28)/t17-/m1/s1. The van der Waals surface area contributed by atoms with Gasteiger partial charge in [0.2, 0.25) is 5.91 Å². The third-order valence-corrected chi connectivity index (χ3v) is 5.21. The van der Waals surface area contributed by atoms with Crippen molar-refractivity contribution in [2.75, 3.05) is 20.3 Å².